The van der Waals surface area contributed by atoms with E-state index in [2.05, 4.69) is 10.1 Å². The predicted molar refractivity (Wildman–Crippen MR) is 105 cm³/mol. The van der Waals surface area contributed by atoms with Crippen LogP contribution in [0.2, 0.25) is 10.0 Å². The fourth-order valence-electron chi connectivity index (χ4n) is 3.18. The highest BCUT2D eigenvalue weighted by Gasteiger charge is 2.27. The van der Waals surface area contributed by atoms with E-state index in [4.69, 9.17) is 37.4 Å². The van der Waals surface area contributed by atoms with E-state index in [1.165, 1.54) is 25.7 Å². The number of aromatic nitrogens is 3. The van der Waals surface area contributed by atoms with Gasteiger partial charge in [0.25, 0.3) is 0 Å². The van der Waals surface area contributed by atoms with Gasteiger partial charge in [0.1, 0.15) is 0 Å². The molecule has 150 valence electrons. The third-order valence-electron chi connectivity index (χ3n) is 4.51. The number of carbonyl (C=O) groups excluding carboxylic acids is 1. The maximum Gasteiger partial charge on any atom is 0.221 e. The Hall–Kier alpha value is -2.68. The van der Waals surface area contributed by atoms with Gasteiger partial charge in [-0.2, -0.15) is 0 Å². The lowest BCUT2D eigenvalue weighted by molar-refractivity contribution is -0.667. The molecule has 1 unspecified atom stereocenters. The van der Waals surface area contributed by atoms with Gasteiger partial charge < -0.3 is 19.4 Å². The topological polar surface area (TPSA) is 97.5 Å². The normalized spacial score (nSPS) is 16.2. The molecule has 3 heterocycles. The second-order valence-corrected chi connectivity index (χ2v) is 7.12. The second-order valence-electron chi connectivity index (χ2n) is 6.31. The summed E-state index contributed by atoms with van der Waals surface area (Å²) < 4.78 is 16.9. The Bertz CT molecular complexity index is 1080. The Morgan fingerprint density at radius 2 is 2.03 bits per heavy atom. The van der Waals surface area contributed by atoms with Gasteiger partial charge in [0.05, 0.1) is 34.7 Å². The molecule has 1 aliphatic heterocycles. The van der Waals surface area contributed by atoms with Gasteiger partial charge in [-0.3, -0.25) is 9.78 Å². The standard InChI is InChI=1S/C19H15Cl2N3O5/c1-27-14-5-4-10-11(19(14)29-15-3-2-6-28-15)9-24(26)23-17(10)18(25)16-12(20)7-22-8-13(16)21/h4-5,7-9,15H,2-3,6H2,1H3. The maximum absolute atomic E-state index is 13.2. The van der Waals surface area contributed by atoms with Crippen LogP contribution >= 0.6 is 23.2 Å². The molecule has 10 heteroatoms. The number of carbonyl (C=O) groups is 1. The molecule has 1 atom stereocenters. The Morgan fingerprint density at radius 3 is 2.69 bits per heavy atom. The summed E-state index contributed by atoms with van der Waals surface area (Å²) in [5.41, 5.74) is -0.104. The van der Waals surface area contributed by atoms with E-state index in [-0.39, 0.29) is 21.3 Å². The number of hydrogen-bond acceptors (Lipinski definition) is 7. The van der Waals surface area contributed by atoms with Crippen molar-refractivity contribution in [2.75, 3.05) is 13.7 Å². The number of rotatable bonds is 5. The largest absolute Gasteiger partial charge is 0.594 e. The van der Waals surface area contributed by atoms with Crippen LogP contribution < -0.4 is 14.3 Å². The minimum atomic E-state index is -0.606. The van der Waals surface area contributed by atoms with Crippen LogP contribution in [0, 0.1) is 5.21 Å². The highest BCUT2D eigenvalue weighted by Crippen LogP contribution is 2.38. The first-order valence-corrected chi connectivity index (χ1v) is 9.48. The molecule has 1 saturated heterocycles. The van der Waals surface area contributed by atoms with Gasteiger partial charge in [-0.25, -0.2) is 0 Å². The minimum absolute atomic E-state index is 0.0146. The van der Waals surface area contributed by atoms with E-state index in [1.807, 2.05) is 0 Å². The molecule has 0 N–H and O–H groups in total. The molecule has 1 fully saturated rings. The van der Waals surface area contributed by atoms with Gasteiger partial charge in [0.2, 0.25) is 12.0 Å². The van der Waals surface area contributed by atoms with Gasteiger partial charge in [0.15, 0.2) is 23.5 Å². The van der Waals surface area contributed by atoms with Crippen molar-refractivity contribution in [2.24, 2.45) is 0 Å². The number of nitrogens with zero attached hydrogens (tertiary/aromatic N) is 3. The van der Waals surface area contributed by atoms with Crippen molar-refractivity contribution in [3.05, 3.63) is 57.2 Å². The van der Waals surface area contributed by atoms with Crippen molar-refractivity contribution in [2.45, 2.75) is 19.1 Å². The summed E-state index contributed by atoms with van der Waals surface area (Å²) >= 11 is 12.2. The molecule has 0 saturated carbocycles. The van der Waals surface area contributed by atoms with E-state index >= 15 is 0 Å². The number of fused-ring (bicyclic) bond motifs is 1. The molecule has 0 amide bonds. The molecule has 2 aromatic heterocycles. The second kappa shape index (κ2) is 7.98. The van der Waals surface area contributed by atoms with Crippen molar-refractivity contribution in [1.29, 1.82) is 0 Å². The lowest BCUT2D eigenvalue weighted by atomic mass is 10.0. The number of ether oxygens (including phenoxy) is 3. The molecule has 4 rings (SSSR count). The van der Waals surface area contributed by atoms with E-state index in [9.17, 15) is 10.0 Å². The van der Waals surface area contributed by atoms with Crippen molar-refractivity contribution in [1.82, 2.24) is 10.1 Å². The summed E-state index contributed by atoms with van der Waals surface area (Å²) in [7, 11) is 1.48. The van der Waals surface area contributed by atoms with E-state index in [0.717, 1.165) is 6.42 Å². The van der Waals surface area contributed by atoms with Crippen LogP contribution in [0.15, 0.2) is 30.7 Å². The SMILES string of the molecule is COc1ccc2c(C(=O)c3c(Cl)cncc3Cl)n[n+]([O-])cc2c1OC1CCCO1. The zero-order valence-electron chi connectivity index (χ0n) is 15.2. The number of ketones is 1. The molecule has 0 radical (unpaired) electrons. The summed E-state index contributed by atoms with van der Waals surface area (Å²) in [4.78, 5) is 17.3. The van der Waals surface area contributed by atoms with E-state index in [0.29, 0.717) is 40.1 Å². The van der Waals surface area contributed by atoms with Crippen molar-refractivity contribution in [3.63, 3.8) is 0 Å². The zero-order valence-corrected chi connectivity index (χ0v) is 16.7. The van der Waals surface area contributed by atoms with Gasteiger partial charge >= 0.3 is 0 Å². The van der Waals surface area contributed by atoms with Crippen molar-refractivity contribution in [3.8, 4) is 11.5 Å². The number of methoxy groups -OCH3 is 1. The van der Waals surface area contributed by atoms with Crippen molar-refractivity contribution >= 4 is 39.8 Å². The molecular formula is C19H15Cl2N3O5. The lowest BCUT2D eigenvalue weighted by Crippen LogP contribution is -2.33. The first kappa shape index (κ1) is 19.6. The quantitative estimate of drug-likeness (QED) is 0.344. The Kier molecular flexibility index (Phi) is 5.40. The fourth-order valence-corrected chi connectivity index (χ4v) is 3.71. The van der Waals surface area contributed by atoms with Gasteiger partial charge in [-0.05, 0) is 18.6 Å². The first-order chi connectivity index (χ1) is 14.0. The molecule has 29 heavy (non-hydrogen) atoms. The van der Waals surface area contributed by atoms with Crippen LogP contribution in [0.1, 0.15) is 28.9 Å². The van der Waals surface area contributed by atoms with Gasteiger partial charge in [0, 0.05) is 29.3 Å². The maximum atomic E-state index is 13.2. The highest BCUT2D eigenvalue weighted by atomic mass is 35.5. The molecule has 1 aromatic carbocycles. The minimum Gasteiger partial charge on any atom is -0.594 e. The van der Waals surface area contributed by atoms with Crippen LogP contribution in [0.4, 0.5) is 0 Å². The summed E-state index contributed by atoms with van der Waals surface area (Å²) in [6.07, 6.45) is 4.91. The lowest BCUT2D eigenvalue weighted by Gasteiger charge is -2.17. The molecule has 1 aliphatic rings. The van der Waals surface area contributed by atoms with Crippen LogP contribution in [0.3, 0.4) is 0 Å². The molecule has 3 aromatic rings. The number of benzene rings is 1. The first-order valence-electron chi connectivity index (χ1n) is 8.72. The van der Waals surface area contributed by atoms with Gasteiger partial charge in [-0.15, -0.1) is 0 Å². The Labute approximate surface area is 175 Å². The number of pyridine rings is 1. The molecule has 8 nitrogen and oxygen atoms in total. The summed E-state index contributed by atoms with van der Waals surface area (Å²) in [6.45, 7) is 0.587. The molecule has 0 bridgehead atoms. The third kappa shape index (κ3) is 3.66. The summed E-state index contributed by atoms with van der Waals surface area (Å²) in [5, 5.41) is 16.9. The fraction of sp³-hybridized carbons (Fsp3) is 0.263. The molecule has 0 spiro atoms. The zero-order chi connectivity index (χ0) is 20.5. The van der Waals surface area contributed by atoms with Crippen LogP contribution in [0.5, 0.6) is 11.5 Å². The average molecular weight is 436 g/mol. The molecule has 0 aliphatic carbocycles. The molecular weight excluding hydrogens is 421 g/mol. The number of hydrogen-bond donors (Lipinski definition) is 0. The van der Waals surface area contributed by atoms with Crippen LogP contribution in [0.25, 0.3) is 10.8 Å². The smallest absolute Gasteiger partial charge is 0.221 e. The van der Waals surface area contributed by atoms with E-state index in [1.54, 1.807) is 12.1 Å². The van der Waals surface area contributed by atoms with Crippen molar-refractivity contribution < 1.29 is 23.9 Å². The third-order valence-corrected chi connectivity index (χ3v) is 5.08. The van der Waals surface area contributed by atoms with Crippen LogP contribution in [-0.4, -0.2) is 35.9 Å². The monoisotopic (exact) mass is 435 g/mol. The summed E-state index contributed by atoms with van der Waals surface area (Å²) in [5.74, 6) is 0.0910. The average Bonchev–Trinajstić information content (AvgIpc) is 3.21. The highest BCUT2D eigenvalue weighted by molar-refractivity contribution is 6.41. The van der Waals surface area contributed by atoms with Gasteiger partial charge in [-0.1, -0.05) is 28.0 Å². The summed E-state index contributed by atoms with van der Waals surface area (Å²) in [6, 6.07) is 3.26. The predicted octanol–water partition coefficient (Wildman–Crippen LogP) is 3.32. The Morgan fingerprint density at radius 1 is 1.28 bits per heavy atom. The van der Waals surface area contributed by atoms with E-state index < -0.39 is 12.1 Å². The Balaban J connectivity index is 1.91. The van der Waals surface area contributed by atoms with Crippen LogP contribution in [-0.2, 0) is 4.74 Å². The number of halogens is 2.